The molecule has 164 valence electrons. The summed E-state index contributed by atoms with van der Waals surface area (Å²) >= 11 is 1.43. The van der Waals surface area contributed by atoms with Crippen LogP contribution in [0, 0.1) is 0 Å². The van der Waals surface area contributed by atoms with Crippen LogP contribution in [0.5, 0.6) is 5.75 Å². The molecule has 3 aromatic rings. The normalized spacial score (nSPS) is 18.9. The Morgan fingerprint density at radius 2 is 2.00 bits per heavy atom. The van der Waals surface area contributed by atoms with Crippen molar-refractivity contribution in [1.29, 1.82) is 0 Å². The lowest BCUT2D eigenvalue weighted by Crippen LogP contribution is -2.48. The third-order valence-electron chi connectivity index (χ3n) is 5.75. The predicted molar refractivity (Wildman–Crippen MR) is 120 cm³/mol. The molecule has 2 atom stereocenters. The summed E-state index contributed by atoms with van der Waals surface area (Å²) in [5.74, 6) is 2.76. The largest absolute Gasteiger partial charge is 0.497 e. The number of likely N-dealkylation sites (tertiary alicyclic amines) is 1. The molecule has 8 heteroatoms. The summed E-state index contributed by atoms with van der Waals surface area (Å²) in [7, 11) is 1.64. The number of furan rings is 1. The first-order valence-electron chi connectivity index (χ1n) is 10.6. The number of hydrogen-bond acceptors (Lipinski definition) is 6. The van der Waals surface area contributed by atoms with Crippen molar-refractivity contribution >= 4 is 17.7 Å². The number of ether oxygens (including phenoxy) is 1. The van der Waals surface area contributed by atoms with E-state index >= 15 is 0 Å². The lowest BCUT2D eigenvalue weighted by Gasteiger charge is -2.39. The molecule has 0 unspecified atom stereocenters. The van der Waals surface area contributed by atoms with E-state index in [0.29, 0.717) is 23.3 Å². The van der Waals surface area contributed by atoms with Gasteiger partial charge in [-0.25, -0.2) is 0 Å². The van der Waals surface area contributed by atoms with E-state index in [4.69, 9.17) is 9.15 Å². The van der Waals surface area contributed by atoms with E-state index in [1.54, 1.807) is 13.4 Å². The average Bonchev–Trinajstić information content (AvgIpc) is 3.42. The number of piperidine rings is 1. The molecule has 0 saturated carbocycles. The zero-order valence-corrected chi connectivity index (χ0v) is 19.0. The van der Waals surface area contributed by atoms with Crippen LogP contribution in [0.4, 0.5) is 0 Å². The molecule has 2 aromatic heterocycles. The van der Waals surface area contributed by atoms with Gasteiger partial charge in [0.25, 0.3) is 0 Å². The minimum absolute atomic E-state index is 0.153. The Bertz CT molecular complexity index is 1010. The van der Waals surface area contributed by atoms with Gasteiger partial charge in [-0.2, -0.15) is 0 Å². The first-order chi connectivity index (χ1) is 15.1. The number of benzene rings is 1. The maximum atomic E-state index is 13.0. The molecule has 1 aromatic carbocycles. The average molecular weight is 441 g/mol. The molecular weight excluding hydrogens is 412 g/mol. The molecule has 1 aliphatic rings. The van der Waals surface area contributed by atoms with Crippen LogP contribution in [-0.2, 0) is 11.3 Å². The summed E-state index contributed by atoms with van der Waals surface area (Å²) in [5.41, 5.74) is 0.898. The number of methoxy groups -OCH3 is 1. The van der Waals surface area contributed by atoms with Gasteiger partial charge in [0, 0.05) is 17.6 Å². The van der Waals surface area contributed by atoms with E-state index in [0.717, 1.165) is 29.9 Å². The minimum atomic E-state index is 0.153. The Morgan fingerprint density at radius 3 is 2.71 bits per heavy atom. The van der Waals surface area contributed by atoms with E-state index in [1.807, 2.05) is 45.9 Å². The fraction of sp³-hybridized carbons (Fsp3) is 0.435. The Morgan fingerprint density at radius 1 is 1.19 bits per heavy atom. The molecule has 7 nitrogen and oxygen atoms in total. The van der Waals surface area contributed by atoms with Gasteiger partial charge in [-0.05, 0) is 57.4 Å². The Labute approximate surface area is 186 Å². The van der Waals surface area contributed by atoms with Crippen molar-refractivity contribution in [3.05, 3.63) is 48.4 Å². The van der Waals surface area contributed by atoms with E-state index in [2.05, 4.69) is 24.0 Å². The van der Waals surface area contributed by atoms with E-state index in [-0.39, 0.29) is 18.0 Å². The SMILES string of the molecule is COc1cccc(-c2nnc(SCC(=O)N3[C@H](C)CCC[C@H]3C)n2Cc2ccco2)c1. The zero-order valence-electron chi connectivity index (χ0n) is 18.2. The molecule has 31 heavy (non-hydrogen) atoms. The van der Waals surface area contributed by atoms with Gasteiger partial charge in [0.2, 0.25) is 5.91 Å². The highest BCUT2D eigenvalue weighted by atomic mass is 32.2. The second kappa shape index (κ2) is 9.60. The van der Waals surface area contributed by atoms with Crippen LogP contribution in [-0.4, -0.2) is 50.5 Å². The van der Waals surface area contributed by atoms with Crippen LogP contribution in [0.25, 0.3) is 11.4 Å². The quantitative estimate of drug-likeness (QED) is 0.505. The van der Waals surface area contributed by atoms with Gasteiger partial charge in [-0.3, -0.25) is 9.36 Å². The van der Waals surface area contributed by atoms with Crippen molar-refractivity contribution in [2.45, 2.75) is 56.9 Å². The lowest BCUT2D eigenvalue weighted by molar-refractivity contribution is -0.134. The van der Waals surface area contributed by atoms with Crippen LogP contribution >= 0.6 is 11.8 Å². The number of amides is 1. The van der Waals surface area contributed by atoms with Gasteiger partial charge in [-0.1, -0.05) is 23.9 Å². The summed E-state index contributed by atoms with van der Waals surface area (Å²) in [6.07, 6.45) is 4.96. The summed E-state index contributed by atoms with van der Waals surface area (Å²) < 4.78 is 12.9. The number of carbonyl (C=O) groups is 1. The number of carbonyl (C=O) groups excluding carboxylic acids is 1. The van der Waals surface area contributed by atoms with Crippen LogP contribution < -0.4 is 4.74 Å². The molecule has 0 N–H and O–H groups in total. The van der Waals surface area contributed by atoms with Gasteiger partial charge >= 0.3 is 0 Å². The van der Waals surface area contributed by atoms with Crippen molar-refractivity contribution in [3.8, 4) is 17.1 Å². The van der Waals surface area contributed by atoms with Gasteiger partial charge in [0.15, 0.2) is 11.0 Å². The topological polar surface area (TPSA) is 73.4 Å². The fourth-order valence-electron chi connectivity index (χ4n) is 4.19. The molecule has 4 rings (SSSR count). The number of aromatic nitrogens is 3. The molecule has 1 amide bonds. The van der Waals surface area contributed by atoms with Crippen molar-refractivity contribution < 1.29 is 13.9 Å². The first-order valence-corrected chi connectivity index (χ1v) is 11.6. The molecule has 1 fully saturated rings. The molecular formula is C23H28N4O3S. The second-order valence-corrected chi connectivity index (χ2v) is 8.86. The third kappa shape index (κ3) is 4.79. The smallest absolute Gasteiger partial charge is 0.233 e. The van der Waals surface area contributed by atoms with Crippen LogP contribution in [0.2, 0.25) is 0 Å². The van der Waals surface area contributed by atoms with Gasteiger partial charge in [0.1, 0.15) is 11.5 Å². The van der Waals surface area contributed by atoms with Crippen molar-refractivity contribution in [2.24, 2.45) is 0 Å². The van der Waals surface area contributed by atoms with Crippen LogP contribution in [0.15, 0.2) is 52.2 Å². The monoisotopic (exact) mass is 440 g/mol. The fourth-order valence-corrected chi connectivity index (χ4v) is 4.99. The number of rotatable bonds is 7. The molecule has 0 aliphatic carbocycles. The molecule has 0 spiro atoms. The van der Waals surface area contributed by atoms with Crippen LogP contribution in [0.3, 0.4) is 0 Å². The van der Waals surface area contributed by atoms with Gasteiger partial charge in [0.05, 0.1) is 25.7 Å². The molecule has 0 bridgehead atoms. The van der Waals surface area contributed by atoms with E-state index in [9.17, 15) is 4.79 Å². The molecule has 1 aliphatic heterocycles. The summed E-state index contributed by atoms with van der Waals surface area (Å²) in [6.45, 7) is 4.76. The number of hydrogen-bond donors (Lipinski definition) is 0. The maximum Gasteiger partial charge on any atom is 0.233 e. The Balaban J connectivity index is 1.58. The Kier molecular flexibility index (Phi) is 6.65. The first kappa shape index (κ1) is 21.5. The molecule has 0 radical (unpaired) electrons. The standard InChI is InChI=1S/C23H28N4O3S/c1-16-7-4-8-17(2)27(16)21(28)15-31-23-25-24-22(18-9-5-10-19(13-18)29-3)26(23)14-20-11-6-12-30-20/h5-6,9-13,16-17H,4,7-8,14-15H2,1-3H3/t16-,17-/m1/s1. The highest BCUT2D eigenvalue weighted by Gasteiger charge is 2.29. The van der Waals surface area contributed by atoms with Gasteiger partial charge < -0.3 is 14.1 Å². The summed E-state index contributed by atoms with van der Waals surface area (Å²) in [4.78, 5) is 15.0. The van der Waals surface area contributed by atoms with Crippen molar-refractivity contribution in [1.82, 2.24) is 19.7 Å². The van der Waals surface area contributed by atoms with Crippen LogP contribution in [0.1, 0.15) is 38.9 Å². The van der Waals surface area contributed by atoms with Crippen molar-refractivity contribution in [2.75, 3.05) is 12.9 Å². The van der Waals surface area contributed by atoms with E-state index < -0.39 is 0 Å². The zero-order chi connectivity index (χ0) is 21.8. The summed E-state index contributed by atoms with van der Waals surface area (Å²) in [6, 6.07) is 12.1. The lowest BCUT2D eigenvalue weighted by atomic mass is 9.98. The maximum absolute atomic E-state index is 13.0. The minimum Gasteiger partial charge on any atom is -0.497 e. The Hall–Kier alpha value is -2.74. The molecule has 1 saturated heterocycles. The predicted octanol–water partition coefficient (Wildman–Crippen LogP) is 4.48. The van der Waals surface area contributed by atoms with E-state index in [1.165, 1.54) is 18.2 Å². The van der Waals surface area contributed by atoms with Gasteiger partial charge in [-0.15, -0.1) is 10.2 Å². The second-order valence-electron chi connectivity index (χ2n) is 7.92. The number of thioether (sulfide) groups is 1. The molecule has 3 heterocycles. The number of nitrogens with zero attached hydrogens (tertiary/aromatic N) is 4. The third-order valence-corrected chi connectivity index (χ3v) is 6.70. The summed E-state index contributed by atoms with van der Waals surface area (Å²) in [5, 5.41) is 9.53. The van der Waals surface area contributed by atoms with Crippen molar-refractivity contribution in [3.63, 3.8) is 0 Å². The highest BCUT2D eigenvalue weighted by Crippen LogP contribution is 2.29. The highest BCUT2D eigenvalue weighted by molar-refractivity contribution is 7.99.